The molecule has 1 heterocycles. The average Bonchev–Trinajstić information content (AvgIpc) is 2.62. The van der Waals surface area contributed by atoms with Gasteiger partial charge in [0.05, 0.1) is 17.5 Å². The Balaban J connectivity index is 1.81. The number of nitrogens with one attached hydrogen (secondary N) is 1. The molecule has 2 aromatic rings. The topological polar surface area (TPSA) is 27.6 Å². The van der Waals surface area contributed by atoms with Gasteiger partial charge in [-0.25, -0.2) is 0 Å². The number of rotatable bonds is 4. The molecule has 0 spiro atoms. The minimum absolute atomic E-state index is 0.264. The predicted molar refractivity (Wildman–Crippen MR) is 95.2 cm³/mol. The summed E-state index contributed by atoms with van der Waals surface area (Å²) in [6.07, 6.45) is -0.0392. The van der Waals surface area contributed by atoms with Crippen LogP contribution in [0.25, 0.3) is 0 Å². The molecule has 1 saturated heterocycles. The molecule has 1 aliphatic heterocycles. The number of para-hydroxylation sites is 1. The van der Waals surface area contributed by atoms with E-state index in [1.807, 2.05) is 35.2 Å². The standard InChI is InChI=1S/C19H20F3N3/c20-19(21,22)17-13-15(14-23-24-16-7-3-1-4-8-16)9-10-18(17)25-11-5-2-6-12-25/h1,3-4,7-10,13-14,24H,2,5-6,11-12H2. The number of alkyl halides is 3. The summed E-state index contributed by atoms with van der Waals surface area (Å²) in [7, 11) is 0. The SMILES string of the molecule is FC(F)(F)c1cc(C=NNc2ccccc2)ccc1N1CCCCC1. The molecule has 0 atom stereocenters. The van der Waals surface area contributed by atoms with E-state index >= 15 is 0 Å². The lowest BCUT2D eigenvalue weighted by Gasteiger charge is -2.31. The van der Waals surface area contributed by atoms with Crippen molar-refractivity contribution in [3.8, 4) is 0 Å². The van der Waals surface area contributed by atoms with Crippen LogP contribution < -0.4 is 10.3 Å². The zero-order valence-corrected chi connectivity index (χ0v) is 13.8. The lowest BCUT2D eigenvalue weighted by Crippen LogP contribution is -2.31. The highest BCUT2D eigenvalue weighted by Crippen LogP contribution is 2.38. The molecule has 0 amide bonds. The second kappa shape index (κ2) is 7.59. The van der Waals surface area contributed by atoms with Crippen molar-refractivity contribution in [2.45, 2.75) is 25.4 Å². The van der Waals surface area contributed by atoms with Crippen LogP contribution in [0.1, 0.15) is 30.4 Å². The number of hydrogen-bond donors (Lipinski definition) is 1. The number of halogens is 3. The summed E-state index contributed by atoms with van der Waals surface area (Å²) >= 11 is 0. The second-order valence-electron chi connectivity index (χ2n) is 6.06. The third-order valence-electron chi connectivity index (χ3n) is 4.20. The molecule has 3 rings (SSSR count). The minimum Gasteiger partial charge on any atom is -0.371 e. The lowest BCUT2D eigenvalue weighted by molar-refractivity contribution is -0.137. The van der Waals surface area contributed by atoms with Gasteiger partial charge in [0, 0.05) is 18.8 Å². The Morgan fingerprint density at radius 2 is 1.68 bits per heavy atom. The average molecular weight is 347 g/mol. The molecule has 0 aliphatic carbocycles. The maximum Gasteiger partial charge on any atom is 0.418 e. The molecule has 3 nitrogen and oxygen atoms in total. The normalized spacial score (nSPS) is 15.6. The van der Waals surface area contributed by atoms with E-state index in [2.05, 4.69) is 10.5 Å². The quantitative estimate of drug-likeness (QED) is 0.612. The summed E-state index contributed by atoms with van der Waals surface area (Å²) < 4.78 is 40.5. The van der Waals surface area contributed by atoms with E-state index in [-0.39, 0.29) is 5.69 Å². The number of benzene rings is 2. The van der Waals surface area contributed by atoms with E-state index in [9.17, 15) is 13.2 Å². The highest BCUT2D eigenvalue weighted by atomic mass is 19.4. The molecule has 0 saturated carbocycles. The highest BCUT2D eigenvalue weighted by molar-refractivity contribution is 5.82. The first-order valence-electron chi connectivity index (χ1n) is 8.34. The van der Waals surface area contributed by atoms with Crippen LogP contribution in [-0.4, -0.2) is 19.3 Å². The highest BCUT2D eigenvalue weighted by Gasteiger charge is 2.35. The van der Waals surface area contributed by atoms with E-state index < -0.39 is 11.7 Å². The molecule has 0 unspecified atom stereocenters. The molecular weight excluding hydrogens is 327 g/mol. The number of hydrogen-bond acceptors (Lipinski definition) is 3. The van der Waals surface area contributed by atoms with Crippen LogP contribution in [0.2, 0.25) is 0 Å². The van der Waals surface area contributed by atoms with Crippen molar-refractivity contribution in [1.29, 1.82) is 0 Å². The fourth-order valence-electron chi connectivity index (χ4n) is 2.97. The van der Waals surface area contributed by atoms with E-state index in [0.717, 1.165) is 24.9 Å². The zero-order valence-electron chi connectivity index (χ0n) is 13.8. The molecule has 0 bridgehead atoms. The van der Waals surface area contributed by atoms with Crippen molar-refractivity contribution in [3.05, 3.63) is 59.7 Å². The van der Waals surface area contributed by atoms with Crippen molar-refractivity contribution in [1.82, 2.24) is 0 Å². The van der Waals surface area contributed by atoms with Gasteiger partial charge in [0.2, 0.25) is 0 Å². The largest absolute Gasteiger partial charge is 0.418 e. The van der Waals surface area contributed by atoms with Crippen LogP contribution in [0.3, 0.4) is 0 Å². The van der Waals surface area contributed by atoms with Gasteiger partial charge in [-0.3, -0.25) is 5.43 Å². The summed E-state index contributed by atoms with van der Waals surface area (Å²) in [6.45, 7) is 1.35. The number of piperidine rings is 1. The van der Waals surface area contributed by atoms with Crippen molar-refractivity contribution in [2.75, 3.05) is 23.4 Å². The Hall–Kier alpha value is -2.50. The Labute approximate surface area is 145 Å². The first-order chi connectivity index (χ1) is 12.0. The lowest BCUT2D eigenvalue weighted by atomic mass is 10.0. The Bertz CT molecular complexity index is 720. The van der Waals surface area contributed by atoms with Crippen molar-refractivity contribution in [3.63, 3.8) is 0 Å². The minimum atomic E-state index is -4.39. The summed E-state index contributed by atoms with van der Waals surface area (Å²) in [5.41, 5.74) is 3.66. The van der Waals surface area contributed by atoms with Gasteiger partial charge in [-0.1, -0.05) is 24.3 Å². The van der Waals surface area contributed by atoms with E-state index in [1.54, 1.807) is 12.1 Å². The predicted octanol–water partition coefficient (Wildman–Crippen LogP) is 5.14. The Kier molecular flexibility index (Phi) is 5.26. The van der Waals surface area contributed by atoms with Gasteiger partial charge in [0.15, 0.2) is 0 Å². The van der Waals surface area contributed by atoms with Gasteiger partial charge >= 0.3 is 6.18 Å². The zero-order chi connectivity index (χ0) is 17.7. The van der Waals surface area contributed by atoms with E-state index in [1.165, 1.54) is 12.3 Å². The van der Waals surface area contributed by atoms with Crippen molar-refractivity contribution >= 4 is 17.6 Å². The molecule has 0 aromatic heterocycles. The third-order valence-corrected chi connectivity index (χ3v) is 4.20. The fraction of sp³-hybridized carbons (Fsp3) is 0.316. The molecule has 0 radical (unpaired) electrons. The molecule has 6 heteroatoms. The Morgan fingerprint density at radius 1 is 0.960 bits per heavy atom. The summed E-state index contributed by atoms with van der Waals surface area (Å²) in [4.78, 5) is 1.83. The van der Waals surface area contributed by atoms with Gasteiger partial charge in [-0.05, 0) is 49.1 Å². The summed E-state index contributed by atoms with van der Waals surface area (Å²) in [6, 6.07) is 13.6. The van der Waals surface area contributed by atoms with Gasteiger partial charge in [0.1, 0.15) is 0 Å². The second-order valence-corrected chi connectivity index (χ2v) is 6.06. The smallest absolute Gasteiger partial charge is 0.371 e. The molecule has 25 heavy (non-hydrogen) atoms. The van der Waals surface area contributed by atoms with Crippen LogP contribution in [0.15, 0.2) is 53.6 Å². The van der Waals surface area contributed by atoms with Crippen LogP contribution in [0.4, 0.5) is 24.5 Å². The van der Waals surface area contributed by atoms with Gasteiger partial charge in [-0.15, -0.1) is 0 Å². The van der Waals surface area contributed by atoms with Crippen LogP contribution in [0, 0.1) is 0 Å². The first-order valence-corrected chi connectivity index (χ1v) is 8.34. The monoisotopic (exact) mass is 347 g/mol. The molecule has 1 aliphatic rings. The third kappa shape index (κ3) is 4.53. The number of nitrogens with zero attached hydrogens (tertiary/aromatic N) is 2. The van der Waals surface area contributed by atoms with Crippen LogP contribution >= 0.6 is 0 Å². The molecule has 132 valence electrons. The summed E-state index contributed by atoms with van der Waals surface area (Å²) in [5.74, 6) is 0. The van der Waals surface area contributed by atoms with Gasteiger partial charge < -0.3 is 4.90 Å². The maximum atomic E-state index is 13.5. The van der Waals surface area contributed by atoms with Crippen LogP contribution in [0.5, 0.6) is 0 Å². The van der Waals surface area contributed by atoms with Gasteiger partial charge in [0.25, 0.3) is 0 Å². The molecule has 1 fully saturated rings. The fourth-order valence-corrected chi connectivity index (χ4v) is 2.97. The molecule has 2 aromatic carbocycles. The summed E-state index contributed by atoms with van der Waals surface area (Å²) in [5, 5.41) is 4.02. The van der Waals surface area contributed by atoms with E-state index in [4.69, 9.17) is 0 Å². The van der Waals surface area contributed by atoms with E-state index in [0.29, 0.717) is 18.7 Å². The molecular formula is C19H20F3N3. The van der Waals surface area contributed by atoms with Crippen molar-refractivity contribution in [2.24, 2.45) is 5.10 Å². The maximum absolute atomic E-state index is 13.5. The first kappa shape index (κ1) is 17.3. The number of hydrazone groups is 1. The van der Waals surface area contributed by atoms with Gasteiger partial charge in [-0.2, -0.15) is 18.3 Å². The Morgan fingerprint density at radius 3 is 2.36 bits per heavy atom. The number of anilines is 2. The van der Waals surface area contributed by atoms with Crippen LogP contribution in [-0.2, 0) is 6.18 Å². The molecule has 1 N–H and O–H groups in total. The van der Waals surface area contributed by atoms with Crippen molar-refractivity contribution < 1.29 is 13.2 Å².